The van der Waals surface area contributed by atoms with Crippen molar-refractivity contribution in [3.8, 4) is 0 Å². The molecule has 4 aromatic carbocycles. The standard InChI is InChI=1S/C40H40N12O8S2.2Na/c53-61(54,55)29-16-12-25(13-17-29)11-14-26-15-18-30(45-39-49-35(31-23-41-19-21-59-31)47-37(51-39)43-27-7-3-1-4-8-27)33(34(26)62(56,57)58)46-40-50-36(32-24-42-20-22-60-32)48-38(52-40)44-28-9-5-2-6-10-28;;/h1-18,31-32,41-42H,19-24H2,(H,53,54,55)(H,56,57,58)(H2,43,45,47,49,51)(H2,44,46,48,50,52);;/q;2*+1/p-2. The van der Waals surface area contributed by atoms with Gasteiger partial charge in [0, 0.05) is 37.6 Å². The van der Waals surface area contributed by atoms with Crippen molar-refractivity contribution in [2.75, 3.05) is 60.7 Å². The van der Waals surface area contributed by atoms with Gasteiger partial charge < -0.3 is 50.5 Å². The third-order valence-corrected chi connectivity index (χ3v) is 11.1. The van der Waals surface area contributed by atoms with Gasteiger partial charge in [-0.15, -0.1) is 0 Å². The van der Waals surface area contributed by atoms with Crippen molar-refractivity contribution in [3.63, 3.8) is 0 Å². The van der Waals surface area contributed by atoms with Crippen molar-refractivity contribution in [1.29, 1.82) is 0 Å². The number of aromatic nitrogens is 6. The van der Waals surface area contributed by atoms with Gasteiger partial charge in [-0.2, -0.15) is 29.9 Å². The molecule has 2 aromatic heterocycles. The summed E-state index contributed by atoms with van der Waals surface area (Å²) in [4.78, 5) is 26.5. The van der Waals surface area contributed by atoms with Gasteiger partial charge in [0.1, 0.15) is 32.4 Å². The Morgan fingerprint density at radius 3 is 1.50 bits per heavy atom. The summed E-state index contributed by atoms with van der Waals surface area (Å²) < 4.78 is 86.8. The van der Waals surface area contributed by atoms with Crippen LogP contribution in [0.5, 0.6) is 0 Å². The van der Waals surface area contributed by atoms with E-state index in [4.69, 9.17) is 9.47 Å². The molecule has 0 aliphatic carbocycles. The molecule has 2 aliphatic rings. The maximum atomic E-state index is 13.4. The van der Waals surface area contributed by atoms with Crippen molar-refractivity contribution in [2.24, 2.45) is 0 Å². The number of nitrogens with zero attached hydrogens (tertiary/aromatic N) is 6. The minimum absolute atomic E-state index is 0. The van der Waals surface area contributed by atoms with Crippen LogP contribution in [0.4, 0.5) is 46.5 Å². The van der Waals surface area contributed by atoms with Crippen LogP contribution in [-0.4, -0.2) is 95.2 Å². The molecule has 0 bridgehead atoms. The summed E-state index contributed by atoms with van der Waals surface area (Å²) in [5.74, 6) is 0.567. The fourth-order valence-electron chi connectivity index (χ4n) is 6.45. The van der Waals surface area contributed by atoms with Crippen LogP contribution in [0.2, 0.25) is 0 Å². The van der Waals surface area contributed by atoms with Gasteiger partial charge in [-0.25, -0.2) is 16.8 Å². The quantitative estimate of drug-likeness (QED) is 0.0405. The van der Waals surface area contributed by atoms with Gasteiger partial charge in [0.15, 0.2) is 11.6 Å². The monoisotopic (exact) mass is 924 g/mol. The molecule has 6 N–H and O–H groups in total. The molecule has 6 aromatic rings. The molecule has 2 aliphatic heterocycles. The van der Waals surface area contributed by atoms with Crippen molar-refractivity contribution < 1.29 is 94.5 Å². The number of morpholine rings is 2. The van der Waals surface area contributed by atoms with E-state index in [2.05, 4.69) is 61.8 Å². The van der Waals surface area contributed by atoms with Gasteiger partial charge in [0.25, 0.3) is 0 Å². The molecule has 0 amide bonds. The molecule has 2 atom stereocenters. The van der Waals surface area contributed by atoms with Crippen LogP contribution in [-0.2, 0) is 29.7 Å². The molecule has 2 saturated heterocycles. The Morgan fingerprint density at radius 2 is 1.05 bits per heavy atom. The van der Waals surface area contributed by atoms with Crippen LogP contribution in [0.15, 0.2) is 107 Å². The maximum Gasteiger partial charge on any atom is 1.00 e. The number of ether oxygens (including phenoxy) is 2. The largest absolute Gasteiger partial charge is 1.00 e. The number of hydrogen-bond donors (Lipinski definition) is 6. The van der Waals surface area contributed by atoms with Crippen LogP contribution >= 0.6 is 0 Å². The van der Waals surface area contributed by atoms with E-state index in [0.717, 1.165) is 12.1 Å². The molecule has 4 heterocycles. The number of hydrogen-bond acceptors (Lipinski definition) is 20. The van der Waals surface area contributed by atoms with E-state index in [9.17, 15) is 25.9 Å². The SMILES string of the molecule is O=S(=O)([O-])c1ccc(C=Cc2ccc(Nc3nc(Nc4ccccc4)nc(C4CNCCO4)n3)c(Nc3nc(Nc4ccccc4)nc(C4CNCCO4)n3)c2S(=O)(=O)[O-])cc1.[Na+].[Na+]. The van der Waals surface area contributed by atoms with E-state index in [-0.39, 0.29) is 111 Å². The fraction of sp³-hybridized carbons (Fsp3) is 0.200. The molecule has 0 spiro atoms. The molecular weight excluding hydrogens is 887 g/mol. The van der Waals surface area contributed by atoms with Crippen LogP contribution in [0.25, 0.3) is 12.2 Å². The summed E-state index contributed by atoms with van der Waals surface area (Å²) in [6.07, 6.45) is 1.66. The summed E-state index contributed by atoms with van der Waals surface area (Å²) >= 11 is 0. The van der Waals surface area contributed by atoms with E-state index in [1.165, 1.54) is 36.4 Å². The molecule has 2 unspecified atom stereocenters. The predicted molar refractivity (Wildman–Crippen MR) is 227 cm³/mol. The summed E-state index contributed by atoms with van der Waals surface area (Å²) in [5.41, 5.74) is 1.44. The minimum atomic E-state index is -5.33. The van der Waals surface area contributed by atoms with Crippen molar-refractivity contribution in [3.05, 3.63) is 120 Å². The van der Waals surface area contributed by atoms with E-state index in [0.29, 0.717) is 56.3 Å². The van der Waals surface area contributed by atoms with Crippen molar-refractivity contribution in [2.45, 2.75) is 22.0 Å². The van der Waals surface area contributed by atoms with Gasteiger partial charge in [-0.1, -0.05) is 66.7 Å². The molecular formula is C40H38N12Na2O8S2. The normalized spacial score (nSPS) is 16.5. The smallest absolute Gasteiger partial charge is 0.744 e. The Labute approximate surface area is 413 Å². The summed E-state index contributed by atoms with van der Waals surface area (Å²) in [6.45, 7) is 2.85. The van der Waals surface area contributed by atoms with Gasteiger partial charge in [0.05, 0.1) is 34.4 Å². The first kappa shape index (κ1) is 48.9. The number of anilines is 8. The fourth-order valence-corrected chi connectivity index (χ4v) is 7.76. The average molecular weight is 925 g/mol. The Bertz CT molecular complexity index is 2790. The number of nitrogens with one attached hydrogen (secondary N) is 6. The van der Waals surface area contributed by atoms with Gasteiger partial charge in [0.2, 0.25) is 23.8 Å². The molecule has 0 saturated carbocycles. The Balaban J connectivity index is 0.00000340. The van der Waals surface area contributed by atoms with Crippen LogP contribution in [0.1, 0.15) is 35.0 Å². The van der Waals surface area contributed by atoms with E-state index < -0.39 is 42.2 Å². The zero-order valence-corrected chi connectivity index (χ0v) is 40.2. The predicted octanol–water partition coefficient (Wildman–Crippen LogP) is -1.66. The third kappa shape index (κ3) is 12.9. The molecule has 24 heteroatoms. The second-order valence-electron chi connectivity index (χ2n) is 13.8. The molecule has 64 heavy (non-hydrogen) atoms. The van der Waals surface area contributed by atoms with Gasteiger partial charge in [-0.3, -0.25) is 0 Å². The number of para-hydroxylation sites is 2. The van der Waals surface area contributed by atoms with Crippen molar-refractivity contribution >= 4 is 78.9 Å². The molecule has 2 fully saturated rings. The van der Waals surface area contributed by atoms with Gasteiger partial charge >= 0.3 is 59.1 Å². The Morgan fingerprint density at radius 1 is 0.562 bits per heavy atom. The molecule has 8 rings (SSSR count). The maximum absolute atomic E-state index is 13.4. The van der Waals surface area contributed by atoms with Crippen molar-refractivity contribution in [1.82, 2.24) is 40.5 Å². The first-order valence-corrected chi connectivity index (χ1v) is 22.0. The number of rotatable bonds is 14. The Hall–Kier alpha value is -4.50. The third-order valence-electron chi connectivity index (χ3n) is 9.34. The summed E-state index contributed by atoms with van der Waals surface area (Å²) in [7, 11) is -10.0. The zero-order valence-electron chi connectivity index (χ0n) is 34.6. The van der Waals surface area contributed by atoms with E-state index in [1.807, 2.05) is 48.5 Å². The first-order chi connectivity index (χ1) is 29.9. The second kappa shape index (κ2) is 22.1. The van der Waals surface area contributed by atoms with Gasteiger partial charge in [-0.05, 0) is 53.6 Å². The second-order valence-corrected chi connectivity index (χ2v) is 16.5. The summed E-state index contributed by atoms with van der Waals surface area (Å²) in [6, 6.07) is 26.2. The van der Waals surface area contributed by atoms with E-state index in [1.54, 1.807) is 12.1 Å². The topological polar surface area (TPSA) is 282 Å². The van der Waals surface area contributed by atoms with E-state index >= 15 is 0 Å². The molecule has 320 valence electrons. The number of benzene rings is 4. The Kier molecular flexibility index (Phi) is 16.9. The first-order valence-electron chi connectivity index (χ1n) is 19.2. The van der Waals surface area contributed by atoms with Crippen LogP contribution < -0.4 is 91.0 Å². The summed E-state index contributed by atoms with van der Waals surface area (Å²) in [5, 5.41) is 18.9. The molecule has 20 nitrogen and oxygen atoms in total. The van der Waals surface area contributed by atoms with Crippen LogP contribution in [0, 0.1) is 0 Å². The average Bonchev–Trinajstić information content (AvgIpc) is 3.27. The zero-order chi connectivity index (χ0) is 43.1. The van der Waals surface area contributed by atoms with Crippen LogP contribution in [0.3, 0.4) is 0 Å². The minimum Gasteiger partial charge on any atom is -0.744 e. The molecule has 0 radical (unpaired) electrons.